The number of piperidine rings is 1. The van der Waals surface area contributed by atoms with Gasteiger partial charge in [-0.25, -0.2) is 0 Å². The monoisotopic (exact) mass is 172 g/mol. The molecule has 0 amide bonds. The van der Waals surface area contributed by atoms with Gasteiger partial charge in [-0.2, -0.15) is 12.6 Å². The third kappa shape index (κ3) is 1.19. The number of thiol groups is 1. The third-order valence-electron chi connectivity index (χ3n) is 3.12. The lowest BCUT2D eigenvalue weighted by atomic mass is 9.88. The summed E-state index contributed by atoms with van der Waals surface area (Å²) in [6, 6.07) is 1.65. The Balaban J connectivity index is 1.94. The zero-order valence-electron chi connectivity index (χ0n) is 7.20. The first-order valence-electron chi connectivity index (χ1n) is 4.32. The van der Waals surface area contributed by atoms with E-state index < -0.39 is 0 Å². The highest BCUT2D eigenvalue weighted by molar-refractivity contribution is 7.80. The molecule has 0 radical (unpaired) electrons. The number of nitrogens with zero attached hydrogens (tertiary/aromatic N) is 2. The summed E-state index contributed by atoms with van der Waals surface area (Å²) in [7, 11) is 2.24. The average molecular weight is 172 g/mol. The van der Waals surface area contributed by atoms with E-state index in [2.05, 4.69) is 36.4 Å². The van der Waals surface area contributed by atoms with Crippen molar-refractivity contribution < 1.29 is 0 Å². The Bertz CT molecular complexity index is 148. The Morgan fingerprint density at radius 1 is 1.36 bits per heavy atom. The lowest BCUT2D eigenvalue weighted by Crippen LogP contribution is -2.67. The van der Waals surface area contributed by atoms with Crippen molar-refractivity contribution in [1.82, 2.24) is 9.80 Å². The summed E-state index contributed by atoms with van der Waals surface area (Å²) in [4.78, 5) is 4.95. The molecule has 3 aliphatic heterocycles. The van der Waals surface area contributed by atoms with Crippen molar-refractivity contribution in [2.75, 3.05) is 20.1 Å². The molecule has 0 aromatic heterocycles. The van der Waals surface area contributed by atoms with E-state index in [1.165, 1.54) is 19.5 Å². The predicted molar refractivity (Wildman–Crippen MR) is 50.0 cm³/mol. The van der Waals surface area contributed by atoms with Crippen LogP contribution in [0.5, 0.6) is 0 Å². The van der Waals surface area contributed by atoms with Gasteiger partial charge in [0.1, 0.15) is 0 Å². The largest absolute Gasteiger partial charge is 0.298 e. The molecular formula is C8H16N2S. The standard InChI is InChI=1S/C8H16N2S/c1-6(11)10-4-7-3-8(5-10)9(7)2/h6-8,11H,3-5H2,1-2H3. The van der Waals surface area contributed by atoms with E-state index in [9.17, 15) is 0 Å². The number of hydrogen-bond donors (Lipinski definition) is 1. The van der Waals surface area contributed by atoms with Crippen LogP contribution in [0.3, 0.4) is 0 Å². The molecule has 3 heterocycles. The Morgan fingerprint density at radius 3 is 2.27 bits per heavy atom. The first-order valence-corrected chi connectivity index (χ1v) is 4.84. The van der Waals surface area contributed by atoms with E-state index in [0.29, 0.717) is 5.37 Å². The molecule has 0 aliphatic carbocycles. The molecule has 3 heteroatoms. The molecule has 2 bridgehead atoms. The second kappa shape index (κ2) is 2.64. The zero-order valence-corrected chi connectivity index (χ0v) is 8.09. The van der Waals surface area contributed by atoms with Crippen molar-refractivity contribution in [3.63, 3.8) is 0 Å². The summed E-state index contributed by atoms with van der Waals surface area (Å²) in [5.74, 6) is 0. The number of rotatable bonds is 1. The quantitative estimate of drug-likeness (QED) is 0.580. The van der Waals surface area contributed by atoms with Gasteiger partial charge in [-0.05, 0) is 20.4 Å². The summed E-state index contributed by atoms with van der Waals surface area (Å²) in [6.45, 7) is 4.60. The van der Waals surface area contributed by atoms with Gasteiger partial charge in [0.25, 0.3) is 0 Å². The molecule has 3 atom stereocenters. The molecule has 2 nitrogen and oxygen atoms in total. The minimum absolute atomic E-state index is 0.439. The third-order valence-corrected chi connectivity index (χ3v) is 3.44. The fourth-order valence-electron chi connectivity index (χ4n) is 2.13. The normalized spacial score (nSPS) is 41.7. The van der Waals surface area contributed by atoms with E-state index in [0.717, 1.165) is 12.1 Å². The first kappa shape index (κ1) is 7.90. The molecule has 0 saturated carbocycles. The molecule has 64 valence electrons. The molecule has 0 aromatic rings. The van der Waals surface area contributed by atoms with Crippen LogP contribution in [-0.2, 0) is 0 Å². The number of fused-ring (bicyclic) bond motifs is 2. The van der Waals surface area contributed by atoms with Gasteiger partial charge in [-0.1, -0.05) is 0 Å². The van der Waals surface area contributed by atoms with Gasteiger partial charge in [-0.15, -0.1) is 0 Å². The fourth-order valence-corrected chi connectivity index (χ4v) is 2.32. The number of hydrogen-bond acceptors (Lipinski definition) is 3. The van der Waals surface area contributed by atoms with Crippen molar-refractivity contribution in [1.29, 1.82) is 0 Å². The summed E-state index contributed by atoms with van der Waals surface area (Å²) in [6.07, 6.45) is 1.41. The SMILES string of the molecule is CC(S)N1CC2CC(C1)N2C. The molecule has 3 aliphatic rings. The highest BCUT2D eigenvalue weighted by Gasteiger charge is 2.42. The minimum atomic E-state index is 0.439. The summed E-state index contributed by atoms with van der Waals surface area (Å²) in [5.41, 5.74) is 0. The van der Waals surface area contributed by atoms with Crippen molar-refractivity contribution in [2.45, 2.75) is 30.8 Å². The maximum Gasteiger partial charge on any atom is 0.0500 e. The molecule has 0 aromatic carbocycles. The van der Waals surface area contributed by atoms with Crippen LogP contribution < -0.4 is 0 Å². The van der Waals surface area contributed by atoms with Gasteiger partial charge < -0.3 is 0 Å². The highest BCUT2D eigenvalue weighted by atomic mass is 32.1. The number of likely N-dealkylation sites (N-methyl/N-ethyl adjacent to an activating group) is 1. The molecule has 0 N–H and O–H groups in total. The van der Waals surface area contributed by atoms with Crippen molar-refractivity contribution in [3.05, 3.63) is 0 Å². The van der Waals surface area contributed by atoms with Crippen LogP contribution in [0.25, 0.3) is 0 Å². The van der Waals surface area contributed by atoms with Crippen LogP contribution >= 0.6 is 12.6 Å². The van der Waals surface area contributed by atoms with Crippen LogP contribution in [0.2, 0.25) is 0 Å². The Labute approximate surface area is 74.0 Å². The molecule has 3 saturated heterocycles. The van der Waals surface area contributed by atoms with Crippen molar-refractivity contribution in [3.8, 4) is 0 Å². The second-order valence-corrected chi connectivity index (χ2v) is 4.54. The zero-order chi connectivity index (χ0) is 8.01. The molecule has 3 rings (SSSR count). The Hall–Kier alpha value is 0.270. The van der Waals surface area contributed by atoms with Crippen LogP contribution in [-0.4, -0.2) is 47.4 Å². The smallest absolute Gasteiger partial charge is 0.0500 e. The van der Waals surface area contributed by atoms with E-state index in [4.69, 9.17) is 0 Å². The predicted octanol–water partition coefficient (Wildman–Crippen LogP) is 0.650. The minimum Gasteiger partial charge on any atom is -0.298 e. The number of piperazine rings is 1. The van der Waals surface area contributed by atoms with Crippen LogP contribution in [0, 0.1) is 0 Å². The van der Waals surface area contributed by atoms with Gasteiger partial charge in [0, 0.05) is 25.2 Å². The summed E-state index contributed by atoms with van der Waals surface area (Å²) >= 11 is 4.44. The highest BCUT2D eigenvalue weighted by Crippen LogP contribution is 2.31. The first-order chi connectivity index (χ1) is 5.18. The van der Waals surface area contributed by atoms with E-state index >= 15 is 0 Å². The van der Waals surface area contributed by atoms with Crippen LogP contribution in [0.1, 0.15) is 13.3 Å². The van der Waals surface area contributed by atoms with Crippen LogP contribution in [0.15, 0.2) is 0 Å². The maximum absolute atomic E-state index is 4.44. The molecule has 3 unspecified atom stereocenters. The van der Waals surface area contributed by atoms with Crippen molar-refractivity contribution >= 4 is 12.6 Å². The van der Waals surface area contributed by atoms with Crippen molar-refractivity contribution in [2.24, 2.45) is 0 Å². The van der Waals surface area contributed by atoms with Crippen LogP contribution in [0.4, 0.5) is 0 Å². The molecular weight excluding hydrogens is 156 g/mol. The Morgan fingerprint density at radius 2 is 1.91 bits per heavy atom. The lowest BCUT2D eigenvalue weighted by molar-refractivity contribution is -0.0521. The Kier molecular flexibility index (Phi) is 1.90. The van der Waals surface area contributed by atoms with E-state index in [1.54, 1.807) is 0 Å². The van der Waals surface area contributed by atoms with E-state index in [1.807, 2.05) is 0 Å². The van der Waals surface area contributed by atoms with Gasteiger partial charge in [0.05, 0.1) is 5.37 Å². The van der Waals surface area contributed by atoms with Gasteiger partial charge in [-0.3, -0.25) is 9.80 Å². The maximum atomic E-state index is 4.44. The van der Waals surface area contributed by atoms with Gasteiger partial charge >= 0.3 is 0 Å². The summed E-state index contributed by atoms with van der Waals surface area (Å²) < 4.78 is 0. The second-order valence-electron chi connectivity index (χ2n) is 3.79. The van der Waals surface area contributed by atoms with Gasteiger partial charge in [0.2, 0.25) is 0 Å². The molecule has 11 heavy (non-hydrogen) atoms. The lowest BCUT2D eigenvalue weighted by Gasteiger charge is -2.55. The molecule has 0 spiro atoms. The summed E-state index contributed by atoms with van der Waals surface area (Å²) in [5, 5.41) is 0.439. The van der Waals surface area contributed by atoms with Gasteiger partial charge in [0.15, 0.2) is 0 Å². The topological polar surface area (TPSA) is 6.48 Å². The molecule has 3 fully saturated rings. The van der Waals surface area contributed by atoms with E-state index in [-0.39, 0.29) is 0 Å². The average Bonchev–Trinajstić information content (AvgIpc) is 2.03. The fraction of sp³-hybridized carbons (Fsp3) is 1.00.